The first kappa shape index (κ1) is 11.5. The van der Waals surface area contributed by atoms with Gasteiger partial charge >= 0.3 is 0 Å². The van der Waals surface area contributed by atoms with Gasteiger partial charge in [-0.15, -0.1) is 0 Å². The Morgan fingerprint density at radius 1 is 1.39 bits per heavy atom. The summed E-state index contributed by atoms with van der Waals surface area (Å²) in [5, 5.41) is 3.55. The number of hydrogen-bond acceptors (Lipinski definition) is 3. The molecule has 0 aliphatic carbocycles. The molecule has 1 aromatic heterocycles. The maximum Gasteiger partial charge on any atom is 0.126 e. The minimum Gasteiger partial charge on any atom is -0.497 e. The van der Waals surface area contributed by atoms with E-state index in [2.05, 4.69) is 23.0 Å². The summed E-state index contributed by atoms with van der Waals surface area (Å²) in [5.41, 5.74) is 2.18. The van der Waals surface area contributed by atoms with Gasteiger partial charge in [-0.25, -0.2) is 4.98 Å². The Morgan fingerprint density at radius 3 is 3.00 bits per heavy atom. The molecule has 3 rings (SSSR count). The van der Waals surface area contributed by atoms with Gasteiger partial charge in [0.1, 0.15) is 11.6 Å². The SMILES string of the molecule is COc1ccc2c(c1)nc(C1CCCCN1)n2C. The lowest BCUT2D eigenvalue weighted by molar-refractivity contribution is 0.392. The summed E-state index contributed by atoms with van der Waals surface area (Å²) in [6.07, 6.45) is 3.73. The van der Waals surface area contributed by atoms with Gasteiger partial charge in [0.25, 0.3) is 0 Å². The van der Waals surface area contributed by atoms with Gasteiger partial charge < -0.3 is 14.6 Å². The molecule has 96 valence electrons. The lowest BCUT2D eigenvalue weighted by atomic mass is 10.0. The third-order valence-electron chi connectivity index (χ3n) is 3.74. The topological polar surface area (TPSA) is 39.1 Å². The number of fused-ring (bicyclic) bond motifs is 1. The highest BCUT2D eigenvalue weighted by Gasteiger charge is 2.20. The first-order valence-corrected chi connectivity index (χ1v) is 6.53. The highest BCUT2D eigenvalue weighted by atomic mass is 16.5. The summed E-state index contributed by atoms with van der Waals surface area (Å²) < 4.78 is 7.44. The van der Waals surface area contributed by atoms with E-state index in [1.165, 1.54) is 19.3 Å². The molecule has 1 fully saturated rings. The molecule has 1 saturated heterocycles. The number of aryl methyl sites for hydroxylation is 1. The average molecular weight is 245 g/mol. The van der Waals surface area contributed by atoms with Gasteiger partial charge in [-0.1, -0.05) is 6.42 Å². The predicted molar refractivity (Wildman–Crippen MR) is 71.9 cm³/mol. The second-order valence-corrected chi connectivity index (χ2v) is 4.89. The lowest BCUT2D eigenvalue weighted by Gasteiger charge is -2.22. The van der Waals surface area contributed by atoms with Gasteiger partial charge in [0.05, 0.1) is 24.2 Å². The summed E-state index contributed by atoms with van der Waals surface area (Å²) in [4.78, 5) is 4.77. The van der Waals surface area contributed by atoms with Crippen LogP contribution in [-0.4, -0.2) is 23.2 Å². The summed E-state index contributed by atoms with van der Waals surface area (Å²) in [6.45, 7) is 1.09. The number of nitrogens with one attached hydrogen (secondary N) is 1. The van der Waals surface area contributed by atoms with Crippen LogP contribution in [0, 0.1) is 0 Å². The molecule has 1 N–H and O–H groups in total. The number of aromatic nitrogens is 2. The minimum atomic E-state index is 0.391. The molecule has 1 atom stereocenters. The van der Waals surface area contributed by atoms with Gasteiger partial charge in [-0.3, -0.25) is 0 Å². The number of methoxy groups -OCH3 is 1. The highest BCUT2D eigenvalue weighted by molar-refractivity contribution is 5.77. The van der Waals surface area contributed by atoms with Gasteiger partial charge in [0, 0.05) is 13.1 Å². The molecule has 2 heterocycles. The van der Waals surface area contributed by atoms with E-state index in [0.29, 0.717) is 6.04 Å². The smallest absolute Gasteiger partial charge is 0.126 e. The third-order valence-corrected chi connectivity index (χ3v) is 3.74. The second-order valence-electron chi connectivity index (χ2n) is 4.89. The zero-order chi connectivity index (χ0) is 12.5. The molecule has 0 amide bonds. The molecule has 18 heavy (non-hydrogen) atoms. The van der Waals surface area contributed by atoms with Crippen molar-refractivity contribution in [2.75, 3.05) is 13.7 Å². The van der Waals surface area contributed by atoms with E-state index in [0.717, 1.165) is 29.2 Å². The molecule has 0 saturated carbocycles. The summed E-state index contributed by atoms with van der Waals surface area (Å²) in [6, 6.07) is 6.46. The van der Waals surface area contributed by atoms with Crippen LogP contribution in [0.5, 0.6) is 5.75 Å². The van der Waals surface area contributed by atoms with Gasteiger partial charge in [0.15, 0.2) is 0 Å². The van der Waals surface area contributed by atoms with Crippen molar-refractivity contribution in [1.82, 2.24) is 14.9 Å². The van der Waals surface area contributed by atoms with Crippen LogP contribution in [0.4, 0.5) is 0 Å². The summed E-state index contributed by atoms with van der Waals surface area (Å²) in [5.74, 6) is 2.00. The van der Waals surface area contributed by atoms with Crippen molar-refractivity contribution < 1.29 is 4.74 Å². The number of rotatable bonds is 2. The quantitative estimate of drug-likeness (QED) is 0.883. The van der Waals surface area contributed by atoms with Gasteiger partial charge in [-0.05, 0) is 31.5 Å². The van der Waals surface area contributed by atoms with Crippen LogP contribution < -0.4 is 10.1 Å². The maximum absolute atomic E-state index is 5.25. The van der Waals surface area contributed by atoms with E-state index in [1.807, 2.05) is 12.1 Å². The van der Waals surface area contributed by atoms with Crippen LogP contribution in [-0.2, 0) is 7.05 Å². The van der Waals surface area contributed by atoms with Crippen LogP contribution in [0.1, 0.15) is 31.1 Å². The molecule has 1 unspecified atom stereocenters. The zero-order valence-corrected chi connectivity index (χ0v) is 10.9. The number of imidazole rings is 1. The Bertz CT molecular complexity index is 555. The van der Waals surface area contributed by atoms with E-state index >= 15 is 0 Å². The van der Waals surface area contributed by atoms with E-state index in [9.17, 15) is 0 Å². The summed E-state index contributed by atoms with van der Waals surface area (Å²) >= 11 is 0. The van der Waals surface area contributed by atoms with Crippen molar-refractivity contribution in [3.05, 3.63) is 24.0 Å². The van der Waals surface area contributed by atoms with E-state index in [4.69, 9.17) is 9.72 Å². The fourth-order valence-corrected chi connectivity index (χ4v) is 2.71. The van der Waals surface area contributed by atoms with Crippen molar-refractivity contribution in [3.8, 4) is 5.75 Å². The van der Waals surface area contributed by atoms with Crippen molar-refractivity contribution in [2.24, 2.45) is 7.05 Å². The Hall–Kier alpha value is -1.55. The van der Waals surface area contributed by atoms with Crippen LogP contribution in [0.15, 0.2) is 18.2 Å². The van der Waals surface area contributed by atoms with Crippen molar-refractivity contribution in [2.45, 2.75) is 25.3 Å². The highest BCUT2D eigenvalue weighted by Crippen LogP contribution is 2.27. The van der Waals surface area contributed by atoms with Gasteiger partial charge in [-0.2, -0.15) is 0 Å². The normalized spacial score (nSPS) is 20.2. The molecule has 1 aliphatic heterocycles. The van der Waals surface area contributed by atoms with Crippen molar-refractivity contribution in [3.63, 3.8) is 0 Å². The molecular formula is C14H19N3O. The fraction of sp³-hybridized carbons (Fsp3) is 0.500. The Kier molecular flexibility index (Phi) is 2.96. The van der Waals surface area contributed by atoms with Crippen molar-refractivity contribution >= 4 is 11.0 Å². The summed E-state index contributed by atoms with van der Waals surface area (Å²) in [7, 11) is 3.78. The molecule has 2 aromatic rings. The molecule has 4 heteroatoms. The minimum absolute atomic E-state index is 0.391. The van der Waals surface area contributed by atoms with Gasteiger partial charge in [0.2, 0.25) is 0 Å². The molecule has 4 nitrogen and oxygen atoms in total. The van der Waals surface area contributed by atoms with Crippen LogP contribution >= 0.6 is 0 Å². The Morgan fingerprint density at radius 2 is 2.28 bits per heavy atom. The van der Waals surface area contributed by atoms with Crippen LogP contribution in [0.3, 0.4) is 0 Å². The van der Waals surface area contributed by atoms with Crippen LogP contribution in [0.2, 0.25) is 0 Å². The maximum atomic E-state index is 5.25. The number of ether oxygens (including phenoxy) is 1. The predicted octanol–water partition coefficient (Wildman–Crippen LogP) is 2.40. The Balaban J connectivity index is 2.04. The van der Waals surface area contributed by atoms with E-state index in [-0.39, 0.29) is 0 Å². The molecule has 1 aromatic carbocycles. The number of benzene rings is 1. The molecular weight excluding hydrogens is 226 g/mol. The van der Waals surface area contributed by atoms with Crippen LogP contribution in [0.25, 0.3) is 11.0 Å². The standard InChI is InChI=1S/C14H19N3O/c1-17-13-7-6-10(18-2)9-12(13)16-14(17)11-5-3-4-8-15-11/h6-7,9,11,15H,3-5,8H2,1-2H3. The number of hydrogen-bond donors (Lipinski definition) is 1. The van der Waals surface area contributed by atoms with E-state index in [1.54, 1.807) is 7.11 Å². The monoisotopic (exact) mass is 245 g/mol. The largest absolute Gasteiger partial charge is 0.497 e. The number of piperidine rings is 1. The first-order valence-electron chi connectivity index (χ1n) is 6.53. The molecule has 0 spiro atoms. The Labute approximate surface area is 107 Å². The first-order chi connectivity index (χ1) is 8.79. The average Bonchev–Trinajstić information content (AvgIpc) is 2.76. The zero-order valence-electron chi connectivity index (χ0n) is 10.9. The number of nitrogens with zero attached hydrogens (tertiary/aromatic N) is 2. The fourth-order valence-electron chi connectivity index (χ4n) is 2.71. The second kappa shape index (κ2) is 4.61. The molecule has 0 bridgehead atoms. The molecule has 0 radical (unpaired) electrons. The van der Waals surface area contributed by atoms with E-state index < -0.39 is 0 Å². The third kappa shape index (κ3) is 1.86. The molecule has 1 aliphatic rings. The van der Waals surface area contributed by atoms with Crippen molar-refractivity contribution in [1.29, 1.82) is 0 Å². The lowest BCUT2D eigenvalue weighted by Crippen LogP contribution is -2.28.